The summed E-state index contributed by atoms with van der Waals surface area (Å²) in [5.74, 6) is 0.255. The van der Waals surface area contributed by atoms with Crippen molar-refractivity contribution < 1.29 is 4.39 Å². The maximum absolute atomic E-state index is 13.5. The van der Waals surface area contributed by atoms with Crippen molar-refractivity contribution in [3.8, 4) is 0 Å². The van der Waals surface area contributed by atoms with E-state index in [0.29, 0.717) is 16.5 Å². The van der Waals surface area contributed by atoms with Crippen LogP contribution in [-0.2, 0) is 0 Å². The number of aryl methyl sites for hydroxylation is 1. The number of halogens is 2. The molecule has 0 bridgehead atoms. The number of benzene rings is 1. The van der Waals surface area contributed by atoms with Crippen molar-refractivity contribution in [3.05, 3.63) is 34.1 Å². The van der Waals surface area contributed by atoms with Crippen LogP contribution in [0.3, 0.4) is 0 Å². The van der Waals surface area contributed by atoms with Gasteiger partial charge in [0.25, 0.3) is 0 Å². The molecule has 0 aromatic heterocycles. The van der Waals surface area contributed by atoms with Gasteiger partial charge in [0.15, 0.2) is 0 Å². The van der Waals surface area contributed by atoms with Crippen LogP contribution in [0, 0.1) is 29.5 Å². The van der Waals surface area contributed by atoms with E-state index >= 15 is 0 Å². The largest absolute Gasteiger partial charge is 0.313 e. The van der Waals surface area contributed by atoms with Gasteiger partial charge >= 0.3 is 0 Å². The first kappa shape index (κ1) is 14.8. The standard InChI is InChI=1S/C16H23ClFN/c1-9-7-10(11(17)8-12(9)18)13(19-6)14-15(2,3)16(14,4)5/h7-8,13-14,19H,1-6H3. The average molecular weight is 284 g/mol. The highest BCUT2D eigenvalue weighted by atomic mass is 35.5. The maximum atomic E-state index is 13.5. The Labute approximate surface area is 120 Å². The molecule has 0 radical (unpaired) electrons. The minimum Gasteiger partial charge on any atom is -0.313 e. The molecule has 0 aliphatic heterocycles. The Bertz CT molecular complexity index is 494. The molecule has 1 aliphatic carbocycles. The summed E-state index contributed by atoms with van der Waals surface area (Å²) >= 11 is 6.25. The van der Waals surface area contributed by atoms with Crippen LogP contribution in [0.15, 0.2) is 12.1 Å². The molecule has 106 valence electrons. The molecule has 0 heterocycles. The van der Waals surface area contributed by atoms with Gasteiger partial charge in [-0.2, -0.15) is 0 Å². The highest BCUT2D eigenvalue weighted by molar-refractivity contribution is 6.31. The molecule has 1 aromatic rings. The summed E-state index contributed by atoms with van der Waals surface area (Å²) in [5.41, 5.74) is 2.17. The minimum absolute atomic E-state index is 0.164. The van der Waals surface area contributed by atoms with Crippen LogP contribution in [0.1, 0.15) is 44.9 Å². The summed E-state index contributed by atoms with van der Waals surface area (Å²) in [5, 5.41) is 3.89. The van der Waals surface area contributed by atoms with Crippen LogP contribution in [0.5, 0.6) is 0 Å². The third-order valence-electron chi connectivity index (χ3n) is 5.39. The lowest BCUT2D eigenvalue weighted by molar-refractivity contribution is 0.437. The van der Waals surface area contributed by atoms with Crippen LogP contribution in [0.2, 0.25) is 5.02 Å². The Morgan fingerprint density at radius 2 is 1.74 bits per heavy atom. The molecule has 0 amide bonds. The van der Waals surface area contributed by atoms with Gasteiger partial charge in [0.1, 0.15) is 5.82 Å². The van der Waals surface area contributed by atoms with E-state index < -0.39 is 0 Å². The second-order valence-corrected chi connectivity index (χ2v) is 7.22. The lowest BCUT2D eigenvalue weighted by Crippen LogP contribution is -2.22. The third kappa shape index (κ3) is 2.09. The normalized spacial score (nSPS) is 22.3. The van der Waals surface area contributed by atoms with Gasteiger partial charge in [0, 0.05) is 11.1 Å². The first-order valence-corrected chi connectivity index (χ1v) is 7.15. The molecule has 1 aliphatic rings. The first-order valence-electron chi connectivity index (χ1n) is 6.77. The molecular weight excluding hydrogens is 261 g/mol. The van der Waals surface area contributed by atoms with Crippen molar-refractivity contribution in [1.82, 2.24) is 5.32 Å². The van der Waals surface area contributed by atoms with E-state index in [1.807, 2.05) is 13.1 Å². The van der Waals surface area contributed by atoms with Crippen molar-refractivity contribution in [2.45, 2.75) is 40.7 Å². The molecule has 2 rings (SSSR count). The van der Waals surface area contributed by atoms with E-state index in [9.17, 15) is 4.39 Å². The zero-order valence-electron chi connectivity index (χ0n) is 12.6. The molecule has 0 spiro atoms. The second-order valence-electron chi connectivity index (χ2n) is 6.81. The molecule has 1 aromatic carbocycles. The van der Waals surface area contributed by atoms with Crippen LogP contribution in [-0.4, -0.2) is 7.05 Å². The smallest absolute Gasteiger partial charge is 0.127 e. The predicted octanol–water partition coefficient (Wildman–Crippen LogP) is 4.73. The molecular formula is C16H23ClFN. The van der Waals surface area contributed by atoms with Crippen molar-refractivity contribution in [1.29, 1.82) is 0 Å². The van der Waals surface area contributed by atoms with E-state index in [0.717, 1.165) is 5.56 Å². The molecule has 1 N–H and O–H groups in total. The average Bonchev–Trinajstić information content (AvgIpc) is 2.69. The minimum atomic E-state index is -0.238. The van der Waals surface area contributed by atoms with Crippen LogP contribution in [0.25, 0.3) is 0 Å². The molecule has 1 saturated carbocycles. The summed E-state index contributed by atoms with van der Waals surface area (Å²) in [4.78, 5) is 0. The van der Waals surface area contributed by atoms with E-state index in [2.05, 4.69) is 33.0 Å². The van der Waals surface area contributed by atoms with Crippen molar-refractivity contribution in [2.24, 2.45) is 16.7 Å². The lowest BCUT2D eigenvalue weighted by atomic mass is 9.95. The van der Waals surface area contributed by atoms with Gasteiger partial charge in [-0.3, -0.25) is 0 Å². The quantitative estimate of drug-likeness (QED) is 0.845. The predicted molar refractivity (Wildman–Crippen MR) is 79.0 cm³/mol. The lowest BCUT2D eigenvalue weighted by Gasteiger charge is -2.21. The van der Waals surface area contributed by atoms with Crippen LogP contribution < -0.4 is 5.32 Å². The third-order valence-corrected chi connectivity index (χ3v) is 5.72. The summed E-state index contributed by atoms with van der Waals surface area (Å²) < 4.78 is 13.5. The van der Waals surface area contributed by atoms with E-state index in [1.54, 1.807) is 6.92 Å². The molecule has 3 heteroatoms. The number of hydrogen-bond acceptors (Lipinski definition) is 1. The Morgan fingerprint density at radius 1 is 1.21 bits per heavy atom. The zero-order chi connectivity index (χ0) is 14.6. The fourth-order valence-corrected chi connectivity index (χ4v) is 3.77. The Morgan fingerprint density at radius 3 is 2.16 bits per heavy atom. The van der Waals surface area contributed by atoms with Gasteiger partial charge in [-0.05, 0) is 47.9 Å². The Kier molecular flexibility index (Phi) is 3.47. The van der Waals surface area contributed by atoms with Crippen molar-refractivity contribution in [2.75, 3.05) is 7.05 Å². The second kappa shape index (κ2) is 4.46. The van der Waals surface area contributed by atoms with E-state index in [4.69, 9.17) is 11.6 Å². The monoisotopic (exact) mass is 283 g/mol. The molecule has 1 atom stereocenters. The highest BCUT2D eigenvalue weighted by Gasteiger charge is 2.67. The zero-order valence-corrected chi connectivity index (χ0v) is 13.3. The van der Waals surface area contributed by atoms with Crippen LogP contribution in [0.4, 0.5) is 4.39 Å². The van der Waals surface area contributed by atoms with Crippen LogP contribution >= 0.6 is 11.6 Å². The molecule has 1 unspecified atom stereocenters. The van der Waals surface area contributed by atoms with Gasteiger partial charge in [-0.25, -0.2) is 4.39 Å². The molecule has 1 nitrogen and oxygen atoms in total. The van der Waals surface area contributed by atoms with Gasteiger partial charge in [0.2, 0.25) is 0 Å². The summed E-state index contributed by atoms with van der Waals surface area (Å²) in [6.45, 7) is 10.9. The number of nitrogens with one attached hydrogen (secondary N) is 1. The maximum Gasteiger partial charge on any atom is 0.127 e. The van der Waals surface area contributed by atoms with E-state index in [1.165, 1.54) is 6.07 Å². The van der Waals surface area contributed by atoms with Crippen molar-refractivity contribution in [3.63, 3.8) is 0 Å². The van der Waals surface area contributed by atoms with Crippen molar-refractivity contribution >= 4 is 11.6 Å². The fraction of sp³-hybridized carbons (Fsp3) is 0.625. The highest BCUT2D eigenvalue weighted by Crippen LogP contribution is 2.72. The van der Waals surface area contributed by atoms with Gasteiger partial charge in [-0.1, -0.05) is 45.4 Å². The SMILES string of the molecule is CNC(c1cc(C)c(F)cc1Cl)C1C(C)(C)C1(C)C. The summed E-state index contributed by atoms with van der Waals surface area (Å²) in [6, 6.07) is 3.47. The topological polar surface area (TPSA) is 12.0 Å². The summed E-state index contributed by atoms with van der Waals surface area (Å²) in [7, 11) is 1.95. The van der Waals surface area contributed by atoms with E-state index in [-0.39, 0.29) is 22.7 Å². The Hall–Kier alpha value is -0.600. The van der Waals surface area contributed by atoms with Gasteiger partial charge in [0.05, 0.1) is 0 Å². The Balaban J connectivity index is 2.43. The molecule has 1 fully saturated rings. The number of hydrogen-bond donors (Lipinski definition) is 1. The fourth-order valence-electron chi connectivity index (χ4n) is 3.50. The number of rotatable bonds is 3. The van der Waals surface area contributed by atoms with Gasteiger partial charge < -0.3 is 5.32 Å². The van der Waals surface area contributed by atoms with Gasteiger partial charge in [-0.15, -0.1) is 0 Å². The summed E-state index contributed by atoms with van der Waals surface area (Å²) in [6.07, 6.45) is 0. The first-order chi connectivity index (χ1) is 8.64. The molecule has 19 heavy (non-hydrogen) atoms. The molecule has 0 saturated heterocycles.